The quantitative estimate of drug-likeness (QED) is 0.826. The third-order valence-electron chi connectivity index (χ3n) is 5.04. The molecular weight excluding hydrogens is 384 g/mol. The number of aliphatic hydroxyl groups is 1. The van der Waals surface area contributed by atoms with E-state index >= 15 is 0 Å². The zero-order valence-electron chi connectivity index (χ0n) is 16.4. The molecule has 0 saturated carbocycles. The molecule has 0 radical (unpaired) electrons. The van der Waals surface area contributed by atoms with E-state index < -0.39 is 35.3 Å². The summed E-state index contributed by atoms with van der Waals surface area (Å²) in [5.74, 6) is -1.72. The van der Waals surface area contributed by atoms with Gasteiger partial charge in [0.2, 0.25) is 0 Å². The maximum atomic E-state index is 14.6. The number of carbonyl (C=O) groups excluding carboxylic acids is 1. The average molecular weight is 407 g/mol. The SMILES string of the molecule is COc1ccc(C2C(CO)OCCN2C(=O)c2c(F)ccc(C)c2F)cc1OC. The molecule has 1 aliphatic rings. The lowest BCUT2D eigenvalue weighted by molar-refractivity contribution is -0.0813. The highest BCUT2D eigenvalue weighted by Crippen LogP contribution is 2.36. The van der Waals surface area contributed by atoms with Crippen molar-refractivity contribution in [3.05, 3.63) is 58.7 Å². The molecule has 2 atom stereocenters. The van der Waals surface area contributed by atoms with Crippen LogP contribution in [-0.4, -0.2) is 56.0 Å². The smallest absolute Gasteiger partial charge is 0.260 e. The molecule has 1 amide bonds. The number of halogens is 2. The molecule has 1 N–H and O–H groups in total. The molecule has 0 aromatic heterocycles. The summed E-state index contributed by atoms with van der Waals surface area (Å²) in [6.45, 7) is 1.34. The lowest BCUT2D eigenvalue weighted by atomic mass is 9.96. The highest BCUT2D eigenvalue weighted by atomic mass is 19.1. The molecule has 6 nitrogen and oxygen atoms in total. The van der Waals surface area contributed by atoms with Gasteiger partial charge in [-0.1, -0.05) is 12.1 Å². The molecule has 1 saturated heterocycles. The Bertz CT molecular complexity index is 905. The van der Waals surface area contributed by atoms with E-state index in [0.717, 1.165) is 6.07 Å². The number of ether oxygens (including phenoxy) is 3. The van der Waals surface area contributed by atoms with Gasteiger partial charge in [-0.05, 0) is 36.2 Å². The number of hydrogen-bond acceptors (Lipinski definition) is 5. The molecule has 0 bridgehead atoms. The Morgan fingerprint density at radius 1 is 1.21 bits per heavy atom. The standard InChI is InChI=1S/C21H23F2NO5/c1-12-4-6-14(22)18(19(12)23)21(26)24-8-9-29-17(11-25)20(24)13-5-7-15(27-2)16(10-13)28-3/h4-7,10,17,20,25H,8-9,11H2,1-3H3. The maximum Gasteiger partial charge on any atom is 0.260 e. The molecule has 0 aliphatic carbocycles. The first kappa shape index (κ1) is 21.0. The van der Waals surface area contributed by atoms with Crippen molar-refractivity contribution >= 4 is 5.91 Å². The van der Waals surface area contributed by atoms with Crippen LogP contribution in [0.4, 0.5) is 8.78 Å². The topological polar surface area (TPSA) is 68.2 Å². The number of amides is 1. The monoisotopic (exact) mass is 407 g/mol. The van der Waals surface area contributed by atoms with Crippen LogP contribution in [0.1, 0.15) is 27.5 Å². The Balaban J connectivity index is 2.07. The molecule has 2 unspecified atom stereocenters. The summed E-state index contributed by atoms with van der Waals surface area (Å²) >= 11 is 0. The Labute approximate surface area is 167 Å². The second-order valence-electron chi connectivity index (χ2n) is 6.70. The molecule has 1 fully saturated rings. The summed E-state index contributed by atoms with van der Waals surface area (Å²) in [6.07, 6.45) is -0.762. The number of morpholine rings is 1. The predicted molar refractivity (Wildman–Crippen MR) is 101 cm³/mol. The number of carbonyl (C=O) groups is 1. The van der Waals surface area contributed by atoms with Gasteiger partial charge in [0, 0.05) is 6.54 Å². The molecular formula is C21H23F2NO5. The van der Waals surface area contributed by atoms with E-state index in [1.54, 1.807) is 18.2 Å². The fourth-order valence-corrected chi connectivity index (χ4v) is 3.54. The first-order valence-electron chi connectivity index (χ1n) is 9.12. The van der Waals surface area contributed by atoms with Gasteiger partial charge in [-0.15, -0.1) is 0 Å². The van der Waals surface area contributed by atoms with E-state index in [4.69, 9.17) is 14.2 Å². The van der Waals surface area contributed by atoms with E-state index in [0.29, 0.717) is 17.1 Å². The summed E-state index contributed by atoms with van der Waals surface area (Å²) in [4.78, 5) is 14.5. The van der Waals surface area contributed by atoms with Gasteiger partial charge in [-0.25, -0.2) is 8.78 Å². The zero-order chi connectivity index (χ0) is 21.1. The normalized spacial score (nSPS) is 19.2. The summed E-state index contributed by atoms with van der Waals surface area (Å²) in [5, 5.41) is 9.81. The number of aryl methyl sites for hydroxylation is 1. The Hall–Kier alpha value is -2.71. The van der Waals surface area contributed by atoms with E-state index in [-0.39, 0.29) is 25.3 Å². The lowest BCUT2D eigenvalue weighted by Crippen LogP contribution is -2.49. The average Bonchev–Trinajstić information content (AvgIpc) is 2.75. The minimum absolute atomic E-state index is 0.112. The van der Waals surface area contributed by atoms with Crippen molar-refractivity contribution in [3.8, 4) is 11.5 Å². The second kappa shape index (κ2) is 8.75. The third-order valence-corrected chi connectivity index (χ3v) is 5.04. The van der Waals surface area contributed by atoms with Crippen molar-refractivity contribution in [1.82, 2.24) is 4.90 Å². The Morgan fingerprint density at radius 3 is 2.59 bits per heavy atom. The third kappa shape index (κ3) is 3.90. The minimum Gasteiger partial charge on any atom is -0.493 e. The number of nitrogens with zero attached hydrogens (tertiary/aromatic N) is 1. The number of aliphatic hydroxyl groups excluding tert-OH is 1. The van der Waals surface area contributed by atoms with Crippen molar-refractivity contribution in [1.29, 1.82) is 0 Å². The van der Waals surface area contributed by atoms with Crippen LogP contribution < -0.4 is 9.47 Å². The number of methoxy groups -OCH3 is 2. The van der Waals surface area contributed by atoms with Crippen LogP contribution in [0.25, 0.3) is 0 Å². The molecule has 3 rings (SSSR count). The Kier molecular flexibility index (Phi) is 6.34. The van der Waals surface area contributed by atoms with Crippen molar-refractivity contribution in [2.24, 2.45) is 0 Å². The molecule has 2 aromatic carbocycles. The van der Waals surface area contributed by atoms with Crippen molar-refractivity contribution < 1.29 is 32.9 Å². The van der Waals surface area contributed by atoms with E-state index in [2.05, 4.69) is 0 Å². The van der Waals surface area contributed by atoms with Crippen LogP contribution in [0.3, 0.4) is 0 Å². The fourth-order valence-electron chi connectivity index (χ4n) is 3.54. The first-order chi connectivity index (χ1) is 13.9. The van der Waals surface area contributed by atoms with Crippen molar-refractivity contribution in [2.45, 2.75) is 19.1 Å². The largest absolute Gasteiger partial charge is 0.493 e. The van der Waals surface area contributed by atoms with Crippen LogP contribution in [0.2, 0.25) is 0 Å². The van der Waals surface area contributed by atoms with Crippen LogP contribution in [0, 0.1) is 18.6 Å². The molecule has 2 aromatic rings. The summed E-state index contributed by atoms with van der Waals surface area (Å²) < 4.78 is 45.1. The van der Waals surface area contributed by atoms with E-state index in [9.17, 15) is 18.7 Å². The van der Waals surface area contributed by atoms with Gasteiger partial charge in [0.15, 0.2) is 11.5 Å². The molecule has 0 spiro atoms. The first-order valence-corrected chi connectivity index (χ1v) is 9.12. The zero-order valence-corrected chi connectivity index (χ0v) is 16.4. The van der Waals surface area contributed by atoms with Crippen LogP contribution >= 0.6 is 0 Å². The van der Waals surface area contributed by atoms with Gasteiger partial charge >= 0.3 is 0 Å². The predicted octanol–water partition coefficient (Wildman–Crippen LogP) is 2.87. The van der Waals surface area contributed by atoms with Crippen LogP contribution in [-0.2, 0) is 4.74 Å². The maximum absolute atomic E-state index is 14.6. The van der Waals surface area contributed by atoms with Gasteiger partial charge in [0.05, 0.1) is 33.5 Å². The van der Waals surface area contributed by atoms with Gasteiger partial charge in [-0.2, -0.15) is 0 Å². The van der Waals surface area contributed by atoms with Gasteiger partial charge in [0.1, 0.15) is 23.3 Å². The molecule has 156 valence electrons. The summed E-state index contributed by atoms with van der Waals surface area (Å²) in [6, 6.07) is 6.61. The van der Waals surface area contributed by atoms with E-state index in [1.165, 1.54) is 32.1 Å². The number of rotatable bonds is 5. The van der Waals surface area contributed by atoms with Crippen molar-refractivity contribution in [3.63, 3.8) is 0 Å². The van der Waals surface area contributed by atoms with Gasteiger partial charge in [0.25, 0.3) is 5.91 Å². The molecule has 8 heteroatoms. The number of benzene rings is 2. The molecule has 1 aliphatic heterocycles. The van der Waals surface area contributed by atoms with Gasteiger partial charge in [-0.3, -0.25) is 4.79 Å². The van der Waals surface area contributed by atoms with Gasteiger partial charge < -0.3 is 24.2 Å². The molecule has 29 heavy (non-hydrogen) atoms. The van der Waals surface area contributed by atoms with Crippen LogP contribution in [0.15, 0.2) is 30.3 Å². The highest BCUT2D eigenvalue weighted by Gasteiger charge is 2.38. The van der Waals surface area contributed by atoms with Crippen molar-refractivity contribution in [2.75, 3.05) is 34.0 Å². The minimum atomic E-state index is -0.934. The number of hydrogen-bond donors (Lipinski definition) is 1. The highest BCUT2D eigenvalue weighted by molar-refractivity contribution is 5.95. The fraction of sp³-hybridized carbons (Fsp3) is 0.381. The Morgan fingerprint density at radius 2 is 1.93 bits per heavy atom. The van der Waals surface area contributed by atoms with E-state index in [1.807, 2.05) is 0 Å². The molecule has 1 heterocycles. The summed E-state index contributed by atoms with van der Waals surface area (Å²) in [5.41, 5.74) is 0.140. The summed E-state index contributed by atoms with van der Waals surface area (Å²) in [7, 11) is 2.97. The van der Waals surface area contributed by atoms with Crippen LogP contribution in [0.5, 0.6) is 11.5 Å². The lowest BCUT2D eigenvalue weighted by Gasteiger charge is -2.41. The second-order valence-corrected chi connectivity index (χ2v) is 6.70.